The standard InChI is InChI=1S/C10H18FNO3/c1-10(2,3)15-9(14)12-5-7(11)4-8(13)6-12/h7-8,13H,4-6H2,1-3H3/t7?,8-/m1/s1. The predicted molar refractivity (Wildman–Crippen MR) is 53.3 cm³/mol. The number of hydrogen-bond donors (Lipinski definition) is 1. The van der Waals surface area contributed by atoms with Gasteiger partial charge in [-0.1, -0.05) is 0 Å². The number of alkyl halides is 1. The highest BCUT2D eigenvalue weighted by atomic mass is 19.1. The molecule has 0 radical (unpaired) electrons. The Hall–Kier alpha value is -0.840. The zero-order valence-electron chi connectivity index (χ0n) is 9.36. The molecule has 0 aliphatic carbocycles. The maximum absolute atomic E-state index is 13.1. The molecule has 1 heterocycles. The molecule has 1 saturated heterocycles. The van der Waals surface area contributed by atoms with Gasteiger partial charge in [-0.25, -0.2) is 9.18 Å². The molecule has 0 aromatic carbocycles. The van der Waals surface area contributed by atoms with Crippen LogP contribution in [0.5, 0.6) is 0 Å². The van der Waals surface area contributed by atoms with E-state index in [-0.39, 0.29) is 19.5 Å². The number of amides is 1. The van der Waals surface area contributed by atoms with Crippen molar-refractivity contribution in [3.63, 3.8) is 0 Å². The molecule has 0 aromatic heterocycles. The van der Waals surface area contributed by atoms with Crippen LogP contribution in [0.25, 0.3) is 0 Å². The molecule has 1 aliphatic heterocycles. The van der Waals surface area contributed by atoms with Crippen LogP contribution in [0.4, 0.5) is 9.18 Å². The Kier molecular flexibility index (Phi) is 3.54. The lowest BCUT2D eigenvalue weighted by Gasteiger charge is -2.33. The lowest BCUT2D eigenvalue weighted by atomic mass is 10.1. The van der Waals surface area contributed by atoms with Gasteiger partial charge in [0.15, 0.2) is 0 Å². The number of halogens is 1. The van der Waals surface area contributed by atoms with E-state index in [0.717, 1.165) is 0 Å². The summed E-state index contributed by atoms with van der Waals surface area (Å²) < 4.78 is 18.2. The summed E-state index contributed by atoms with van der Waals surface area (Å²) in [6.07, 6.45) is -2.43. The summed E-state index contributed by atoms with van der Waals surface area (Å²) in [6, 6.07) is 0. The smallest absolute Gasteiger partial charge is 0.410 e. The van der Waals surface area contributed by atoms with Crippen LogP contribution in [0.1, 0.15) is 27.2 Å². The number of aliphatic hydroxyl groups excluding tert-OH is 1. The van der Waals surface area contributed by atoms with E-state index in [4.69, 9.17) is 4.74 Å². The fourth-order valence-electron chi connectivity index (χ4n) is 1.49. The van der Waals surface area contributed by atoms with Crippen LogP contribution < -0.4 is 0 Å². The van der Waals surface area contributed by atoms with E-state index in [1.165, 1.54) is 4.90 Å². The van der Waals surface area contributed by atoms with Crippen LogP contribution in [0.2, 0.25) is 0 Å². The predicted octanol–water partition coefficient (Wildman–Crippen LogP) is 1.33. The first kappa shape index (κ1) is 12.2. The van der Waals surface area contributed by atoms with Crippen molar-refractivity contribution in [1.29, 1.82) is 0 Å². The first-order chi connectivity index (χ1) is 6.78. The SMILES string of the molecule is CC(C)(C)OC(=O)N1CC(F)C[C@@H](O)C1. The number of likely N-dealkylation sites (tertiary alicyclic amines) is 1. The van der Waals surface area contributed by atoms with Crippen LogP contribution in [-0.2, 0) is 4.74 Å². The average Bonchev–Trinajstić information content (AvgIpc) is 1.98. The van der Waals surface area contributed by atoms with Crippen molar-refractivity contribution in [3.05, 3.63) is 0 Å². The first-order valence-electron chi connectivity index (χ1n) is 5.08. The minimum atomic E-state index is -1.17. The van der Waals surface area contributed by atoms with Gasteiger partial charge in [-0.2, -0.15) is 0 Å². The van der Waals surface area contributed by atoms with Crippen molar-refractivity contribution in [2.75, 3.05) is 13.1 Å². The molecular formula is C10H18FNO3. The number of ether oxygens (including phenoxy) is 1. The molecule has 2 atom stereocenters. The van der Waals surface area contributed by atoms with Crippen molar-refractivity contribution in [1.82, 2.24) is 4.90 Å². The van der Waals surface area contributed by atoms with Gasteiger partial charge in [-0.05, 0) is 20.8 Å². The molecule has 88 valence electrons. The Labute approximate surface area is 89.0 Å². The summed E-state index contributed by atoms with van der Waals surface area (Å²) in [6.45, 7) is 5.40. The third-order valence-corrected chi connectivity index (χ3v) is 2.03. The molecule has 4 nitrogen and oxygen atoms in total. The monoisotopic (exact) mass is 219 g/mol. The molecule has 0 spiro atoms. The molecule has 1 aliphatic rings. The van der Waals surface area contributed by atoms with Gasteiger partial charge >= 0.3 is 6.09 Å². The van der Waals surface area contributed by atoms with E-state index < -0.39 is 24.0 Å². The molecule has 0 bridgehead atoms. The Bertz CT molecular complexity index is 229. The fourth-order valence-corrected chi connectivity index (χ4v) is 1.49. The normalized spacial score (nSPS) is 27.7. The zero-order chi connectivity index (χ0) is 11.6. The Morgan fingerprint density at radius 2 is 2.07 bits per heavy atom. The number of aliphatic hydroxyl groups is 1. The lowest BCUT2D eigenvalue weighted by molar-refractivity contribution is -0.0124. The van der Waals surface area contributed by atoms with Gasteiger partial charge < -0.3 is 14.7 Å². The molecule has 0 aromatic rings. The number of carbonyl (C=O) groups excluding carboxylic acids is 1. The van der Waals surface area contributed by atoms with Crippen molar-refractivity contribution in [2.24, 2.45) is 0 Å². The summed E-state index contributed by atoms with van der Waals surface area (Å²) in [5.41, 5.74) is -0.592. The van der Waals surface area contributed by atoms with E-state index in [0.29, 0.717) is 0 Å². The summed E-state index contributed by atoms with van der Waals surface area (Å²) in [4.78, 5) is 12.7. The average molecular weight is 219 g/mol. The number of carbonyl (C=O) groups is 1. The van der Waals surface area contributed by atoms with Gasteiger partial charge in [0.1, 0.15) is 11.8 Å². The topological polar surface area (TPSA) is 49.8 Å². The molecule has 15 heavy (non-hydrogen) atoms. The molecular weight excluding hydrogens is 201 g/mol. The highest BCUT2D eigenvalue weighted by Crippen LogP contribution is 2.17. The highest BCUT2D eigenvalue weighted by Gasteiger charge is 2.31. The van der Waals surface area contributed by atoms with Crippen molar-refractivity contribution >= 4 is 6.09 Å². The van der Waals surface area contributed by atoms with Crippen molar-refractivity contribution in [3.8, 4) is 0 Å². The molecule has 1 fully saturated rings. The van der Waals surface area contributed by atoms with Crippen LogP contribution in [0.15, 0.2) is 0 Å². The number of nitrogens with zero attached hydrogens (tertiary/aromatic N) is 1. The quantitative estimate of drug-likeness (QED) is 0.668. The fraction of sp³-hybridized carbons (Fsp3) is 0.900. The third-order valence-electron chi connectivity index (χ3n) is 2.03. The number of hydrogen-bond acceptors (Lipinski definition) is 3. The molecule has 5 heteroatoms. The molecule has 1 unspecified atom stereocenters. The zero-order valence-corrected chi connectivity index (χ0v) is 9.36. The van der Waals surface area contributed by atoms with Gasteiger partial charge in [0.2, 0.25) is 0 Å². The second kappa shape index (κ2) is 4.35. The van der Waals surface area contributed by atoms with Gasteiger partial charge in [0.05, 0.1) is 19.2 Å². The second-order valence-corrected chi connectivity index (χ2v) is 4.87. The van der Waals surface area contributed by atoms with Crippen LogP contribution in [-0.4, -0.2) is 47.1 Å². The van der Waals surface area contributed by atoms with E-state index in [1.54, 1.807) is 20.8 Å². The maximum atomic E-state index is 13.1. The van der Waals surface area contributed by atoms with Crippen molar-refractivity contribution in [2.45, 2.75) is 45.1 Å². The van der Waals surface area contributed by atoms with Gasteiger partial charge in [0.25, 0.3) is 0 Å². The van der Waals surface area contributed by atoms with Gasteiger partial charge in [0, 0.05) is 6.42 Å². The largest absolute Gasteiger partial charge is 0.444 e. The van der Waals surface area contributed by atoms with Crippen LogP contribution in [0.3, 0.4) is 0 Å². The van der Waals surface area contributed by atoms with Gasteiger partial charge in [-0.15, -0.1) is 0 Å². The minimum Gasteiger partial charge on any atom is -0.444 e. The lowest BCUT2D eigenvalue weighted by Crippen LogP contribution is -2.48. The van der Waals surface area contributed by atoms with E-state index in [1.807, 2.05) is 0 Å². The van der Waals surface area contributed by atoms with Crippen LogP contribution in [0, 0.1) is 0 Å². The van der Waals surface area contributed by atoms with E-state index in [2.05, 4.69) is 0 Å². The summed E-state index contributed by atoms with van der Waals surface area (Å²) in [5.74, 6) is 0. The second-order valence-electron chi connectivity index (χ2n) is 4.87. The summed E-state index contributed by atoms with van der Waals surface area (Å²) in [7, 11) is 0. The highest BCUT2D eigenvalue weighted by molar-refractivity contribution is 5.68. The molecule has 1 N–H and O–H groups in total. The first-order valence-corrected chi connectivity index (χ1v) is 5.08. The molecule has 0 saturated carbocycles. The Morgan fingerprint density at radius 1 is 1.47 bits per heavy atom. The third kappa shape index (κ3) is 4.03. The van der Waals surface area contributed by atoms with Crippen LogP contribution >= 0.6 is 0 Å². The van der Waals surface area contributed by atoms with Gasteiger partial charge in [-0.3, -0.25) is 0 Å². The van der Waals surface area contributed by atoms with E-state index >= 15 is 0 Å². The number of piperidine rings is 1. The number of β-amino-alcohol motifs (C(OH)–C–C–N with tert-alkyl or cyclic N) is 1. The number of rotatable bonds is 0. The van der Waals surface area contributed by atoms with E-state index in [9.17, 15) is 14.3 Å². The van der Waals surface area contributed by atoms with Crippen molar-refractivity contribution < 1.29 is 19.0 Å². The summed E-state index contributed by atoms with van der Waals surface area (Å²) in [5, 5.41) is 9.31. The molecule has 1 rings (SSSR count). The molecule has 1 amide bonds. The summed E-state index contributed by atoms with van der Waals surface area (Å²) >= 11 is 0. The Balaban J connectivity index is 2.52. The maximum Gasteiger partial charge on any atom is 0.410 e. The Morgan fingerprint density at radius 3 is 2.53 bits per heavy atom. The minimum absolute atomic E-state index is 0.00593.